The van der Waals surface area contributed by atoms with Gasteiger partial charge in [-0.2, -0.15) is 0 Å². The Morgan fingerprint density at radius 1 is 1.75 bits per heavy atom. The van der Waals surface area contributed by atoms with Crippen molar-refractivity contribution < 1.29 is 27.6 Å². The van der Waals surface area contributed by atoms with Crippen molar-refractivity contribution in [1.29, 1.82) is 0 Å². The molecule has 0 bridgehead atoms. The van der Waals surface area contributed by atoms with Crippen molar-refractivity contribution in [2.75, 3.05) is 0 Å². The fourth-order valence-electron chi connectivity index (χ4n) is 0. The van der Waals surface area contributed by atoms with Gasteiger partial charge >= 0.3 is 0 Å². The van der Waals surface area contributed by atoms with E-state index in [1.165, 1.54) is 0 Å². The molecule has 0 aromatic heterocycles. The molecule has 0 spiro atoms. The van der Waals surface area contributed by atoms with E-state index in [2.05, 4.69) is 0 Å². The average Bonchev–Trinajstić information content (AvgIpc) is 0.918. The zero-order valence-electron chi connectivity index (χ0n) is 1.53. The van der Waals surface area contributed by atoms with E-state index in [1.807, 2.05) is 0 Å². The molecule has 0 aromatic rings. The van der Waals surface area contributed by atoms with Crippen LogP contribution in [0.5, 0.6) is 0 Å². The second-order valence-corrected chi connectivity index (χ2v) is 0.0680. The van der Waals surface area contributed by atoms with E-state index >= 15 is 0 Å². The number of rotatable bonds is 0. The summed E-state index contributed by atoms with van der Waals surface area (Å²) in [6, 6.07) is 0. The fraction of sp³-hybridized carbons (Fsp3) is 0. The van der Waals surface area contributed by atoms with Crippen molar-refractivity contribution in [1.82, 2.24) is 0 Å². The quantitative estimate of drug-likeness (QED) is 0.235. The van der Waals surface area contributed by atoms with E-state index in [4.69, 9.17) is 10.2 Å². The maximum Gasteiger partial charge on any atom is 0.154 e. The van der Waals surface area contributed by atoms with E-state index in [9.17, 15) is 0 Å². The first-order valence-electron chi connectivity index (χ1n) is 0.333. The SMILES string of the molecule is O=[O+][O-].[Au]. The first-order valence-corrected chi connectivity index (χ1v) is 0.333. The Hall–Kier alpha value is 0.140. The van der Waals surface area contributed by atoms with E-state index in [-0.39, 0.29) is 22.4 Å². The van der Waals surface area contributed by atoms with Crippen LogP contribution in [0.25, 0.3) is 0 Å². The molecule has 0 aliphatic rings. The molecule has 0 atom stereocenters. The van der Waals surface area contributed by atoms with E-state index in [0.29, 0.717) is 0 Å². The monoisotopic (exact) mass is 245 g/mol. The zero-order chi connectivity index (χ0) is 2.71. The largest absolute Gasteiger partial charge is 0.154 e. The summed E-state index contributed by atoms with van der Waals surface area (Å²) >= 11 is 0. The molecule has 0 aromatic carbocycles. The van der Waals surface area contributed by atoms with Crippen LogP contribution in [0.4, 0.5) is 0 Å². The van der Waals surface area contributed by atoms with Crippen LogP contribution < -0.4 is 5.26 Å². The molecular formula is AuO3. The summed E-state index contributed by atoms with van der Waals surface area (Å²) in [5.74, 6) is 0. The molecule has 0 amide bonds. The van der Waals surface area contributed by atoms with Crippen LogP contribution in [-0.4, -0.2) is 0 Å². The van der Waals surface area contributed by atoms with Crippen molar-refractivity contribution >= 4 is 0 Å². The standard InChI is InChI=1S/Au.O3/c;1-3-2. The molecule has 0 saturated carbocycles. The van der Waals surface area contributed by atoms with Crippen molar-refractivity contribution in [3.63, 3.8) is 0 Å². The van der Waals surface area contributed by atoms with Crippen molar-refractivity contribution in [2.24, 2.45) is 0 Å². The summed E-state index contributed by atoms with van der Waals surface area (Å²) < 4.78 is 1.75. The molecule has 0 heterocycles. The molecule has 0 rings (SSSR count). The maximum absolute atomic E-state index is 7.88. The van der Waals surface area contributed by atoms with Gasteiger partial charge in [0.05, 0.1) is 0 Å². The Kier molecular flexibility index (Phi) is 24.7. The minimum absolute atomic E-state index is 0. The van der Waals surface area contributed by atoms with Crippen LogP contribution in [-0.2, 0) is 22.4 Å². The van der Waals surface area contributed by atoms with Crippen molar-refractivity contribution in [3.05, 3.63) is 9.71 Å². The van der Waals surface area contributed by atoms with Crippen LogP contribution >= 0.6 is 0 Å². The Morgan fingerprint density at radius 2 is 1.75 bits per heavy atom. The normalized spacial score (nSPS) is 3.00. The first-order chi connectivity index (χ1) is 1.41. The van der Waals surface area contributed by atoms with E-state index in [1.54, 1.807) is 4.75 Å². The molecule has 0 aliphatic heterocycles. The number of hydrogen-bond donors (Lipinski definition) is 0. The van der Waals surface area contributed by atoms with Gasteiger partial charge in [-0.3, -0.25) is 0 Å². The van der Waals surface area contributed by atoms with Gasteiger partial charge < -0.3 is 0 Å². The summed E-state index contributed by atoms with van der Waals surface area (Å²) in [7, 11) is 0. The molecule has 4 heteroatoms. The minimum Gasteiger partial charge on any atom is -0.0772 e. The predicted octanol–water partition coefficient (Wildman–Crippen LogP) is -1.12. The third-order valence-electron chi connectivity index (χ3n) is 0. The van der Waals surface area contributed by atoms with Crippen LogP contribution in [0.3, 0.4) is 0 Å². The van der Waals surface area contributed by atoms with Gasteiger partial charge in [-0.25, -0.2) is 0 Å². The van der Waals surface area contributed by atoms with Crippen LogP contribution in [0.2, 0.25) is 0 Å². The molecule has 0 N–H and O–H groups in total. The van der Waals surface area contributed by atoms with Gasteiger partial charge in [0.2, 0.25) is 0 Å². The van der Waals surface area contributed by atoms with E-state index in [0.717, 1.165) is 0 Å². The molecule has 0 aliphatic carbocycles. The molecule has 1 radical (unpaired) electrons. The van der Waals surface area contributed by atoms with Crippen LogP contribution in [0, 0.1) is 9.71 Å². The average molecular weight is 245 g/mol. The predicted molar refractivity (Wildman–Crippen MR) is 6.73 cm³/mol. The Labute approximate surface area is 38.0 Å². The van der Waals surface area contributed by atoms with Crippen LogP contribution in [0.1, 0.15) is 0 Å². The zero-order valence-corrected chi connectivity index (χ0v) is 3.69. The third-order valence-corrected chi connectivity index (χ3v) is 0. The van der Waals surface area contributed by atoms with Crippen molar-refractivity contribution in [3.8, 4) is 0 Å². The van der Waals surface area contributed by atoms with Gasteiger partial charge in [0.25, 0.3) is 0 Å². The molecule has 3 nitrogen and oxygen atoms in total. The summed E-state index contributed by atoms with van der Waals surface area (Å²) in [6.07, 6.45) is 0. The summed E-state index contributed by atoms with van der Waals surface area (Å²) in [5, 5.41) is 7.88. The molecular weight excluding hydrogens is 245 g/mol. The van der Waals surface area contributed by atoms with E-state index < -0.39 is 0 Å². The summed E-state index contributed by atoms with van der Waals surface area (Å²) in [5.41, 5.74) is 0. The molecule has 0 saturated heterocycles. The summed E-state index contributed by atoms with van der Waals surface area (Å²) in [4.78, 5) is 7.88. The first kappa shape index (κ1) is 8.91. The Bertz CT molecular complexity index is 10.8. The van der Waals surface area contributed by atoms with Crippen LogP contribution in [0.15, 0.2) is 0 Å². The minimum atomic E-state index is 0. The van der Waals surface area contributed by atoms with Gasteiger partial charge in [0.15, 0.2) is 4.75 Å². The number of hydrogen-bond acceptors (Lipinski definition) is 2. The topological polar surface area (TPSA) is 51.4 Å². The molecule has 29 valence electrons. The Morgan fingerprint density at radius 3 is 1.75 bits per heavy atom. The molecule has 4 heavy (non-hydrogen) atoms. The second kappa shape index (κ2) is 11.1. The van der Waals surface area contributed by atoms with Gasteiger partial charge in [-0.05, 0) is 0 Å². The van der Waals surface area contributed by atoms with Gasteiger partial charge in [0.1, 0.15) is 0 Å². The maximum atomic E-state index is 7.88. The second-order valence-electron chi connectivity index (χ2n) is 0.0680. The molecule has 0 fully saturated rings. The van der Waals surface area contributed by atoms with Gasteiger partial charge in [-0.15, -0.1) is 0 Å². The smallest absolute Gasteiger partial charge is 0.0772 e. The van der Waals surface area contributed by atoms with Gasteiger partial charge in [-0.1, -0.05) is 10.2 Å². The van der Waals surface area contributed by atoms with Crippen molar-refractivity contribution in [2.45, 2.75) is 0 Å². The summed E-state index contributed by atoms with van der Waals surface area (Å²) in [6.45, 7) is 0. The van der Waals surface area contributed by atoms with Gasteiger partial charge in [0, 0.05) is 22.4 Å². The fourth-order valence-corrected chi connectivity index (χ4v) is 0. The third kappa shape index (κ3) is 141. The molecule has 0 unspecified atom stereocenters. The Balaban J connectivity index is 0.